The van der Waals surface area contributed by atoms with E-state index >= 15 is 0 Å². The number of carbonyl (C=O) groups excluding carboxylic acids is 1. The topological polar surface area (TPSA) is 79.5 Å². The van der Waals surface area contributed by atoms with Crippen molar-refractivity contribution in [3.05, 3.63) is 59.1 Å². The van der Waals surface area contributed by atoms with Gasteiger partial charge in [-0.1, -0.05) is 11.6 Å². The van der Waals surface area contributed by atoms with Crippen LogP contribution in [0.5, 0.6) is 11.5 Å². The zero-order chi connectivity index (χ0) is 21.8. The van der Waals surface area contributed by atoms with Crippen molar-refractivity contribution in [3.63, 3.8) is 0 Å². The number of rotatable bonds is 6. The molecule has 1 aliphatic heterocycles. The molecule has 0 saturated carbocycles. The summed E-state index contributed by atoms with van der Waals surface area (Å²) in [6, 6.07) is 14.9. The van der Waals surface area contributed by atoms with Crippen LogP contribution in [0.3, 0.4) is 0 Å². The zero-order valence-corrected chi connectivity index (χ0v) is 18.3. The first-order chi connectivity index (χ1) is 15.1. The Morgan fingerprint density at radius 2 is 1.97 bits per heavy atom. The van der Waals surface area contributed by atoms with Crippen molar-refractivity contribution in [3.8, 4) is 22.8 Å². The molecule has 1 saturated heterocycles. The number of aromatic nitrogens is 2. The van der Waals surface area contributed by atoms with Crippen LogP contribution < -0.4 is 19.7 Å². The van der Waals surface area contributed by atoms with Gasteiger partial charge in [-0.15, -0.1) is 0 Å². The normalized spacial score (nSPS) is 16.1. The van der Waals surface area contributed by atoms with Crippen LogP contribution in [0.4, 0.5) is 5.82 Å². The Labute approximate surface area is 186 Å². The van der Waals surface area contributed by atoms with Gasteiger partial charge in [0.15, 0.2) is 5.82 Å². The summed E-state index contributed by atoms with van der Waals surface area (Å²) < 4.78 is 10.5. The number of H-pyrrole nitrogens is 1. The number of benzene rings is 2. The molecule has 31 heavy (non-hydrogen) atoms. The van der Waals surface area contributed by atoms with E-state index < -0.39 is 0 Å². The highest BCUT2D eigenvalue weighted by atomic mass is 35.5. The minimum atomic E-state index is -0.188. The fourth-order valence-electron chi connectivity index (χ4n) is 3.82. The number of methoxy groups -OCH3 is 2. The fraction of sp³-hybridized carbons (Fsp3) is 0.304. The van der Waals surface area contributed by atoms with Crippen molar-refractivity contribution in [1.82, 2.24) is 15.5 Å². The molecule has 0 spiro atoms. The number of hydrogen-bond donors (Lipinski definition) is 2. The minimum absolute atomic E-state index is 0.00562. The van der Waals surface area contributed by atoms with Crippen LogP contribution >= 0.6 is 11.6 Å². The summed E-state index contributed by atoms with van der Waals surface area (Å²) in [5, 5.41) is 11.2. The van der Waals surface area contributed by atoms with E-state index in [1.54, 1.807) is 32.4 Å². The van der Waals surface area contributed by atoms with Gasteiger partial charge in [0.1, 0.15) is 11.5 Å². The molecule has 8 heteroatoms. The second-order valence-electron chi connectivity index (χ2n) is 7.47. The Hall–Kier alpha value is -3.19. The summed E-state index contributed by atoms with van der Waals surface area (Å²) in [5.74, 6) is 2.00. The van der Waals surface area contributed by atoms with Crippen molar-refractivity contribution in [2.24, 2.45) is 0 Å². The average Bonchev–Trinajstić information content (AvgIpc) is 3.29. The first kappa shape index (κ1) is 21.1. The van der Waals surface area contributed by atoms with Crippen molar-refractivity contribution in [2.45, 2.75) is 18.9 Å². The van der Waals surface area contributed by atoms with Crippen molar-refractivity contribution >= 4 is 23.3 Å². The fourth-order valence-corrected chi connectivity index (χ4v) is 3.99. The maximum Gasteiger partial charge on any atom is 0.255 e. The van der Waals surface area contributed by atoms with Gasteiger partial charge in [-0.05, 0) is 60.9 Å². The van der Waals surface area contributed by atoms with E-state index in [4.69, 9.17) is 21.1 Å². The summed E-state index contributed by atoms with van der Waals surface area (Å²) >= 11 is 6.07. The van der Waals surface area contributed by atoms with E-state index in [1.165, 1.54) is 0 Å². The van der Waals surface area contributed by atoms with Gasteiger partial charge in [0.2, 0.25) is 0 Å². The first-order valence-electron chi connectivity index (χ1n) is 10.2. The number of hydrogen-bond acceptors (Lipinski definition) is 5. The van der Waals surface area contributed by atoms with Gasteiger partial charge in [0.05, 0.1) is 25.5 Å². The smallest absolute Gasteiger partial charge is 0.255 e. The quantitative estimate of drug-likeness (QED) is 0.602. The highest BCUT2D eigenvalue weighted by Crippen LogP contribution is 2.26. The van der Waals surface area contributed by atoms with Gasteiger partial charge in [-0.3, -0.25) is 9.89 Å². The molecule has 4 rings (SSSR count). The summed E-state index contributed by atoms with van der Waals surface area (Å²) in [6.07, 6.45) is 1.86. The molecule has 1 atom stereocenters. The van der Waals surface area contributed by atoms with Crippen LogP contribution in [-0.2, 0) is 0 Å². The zero-order valence-electron chi connectivity index (χ0n) is 17.5. The molecule has 3 aromatic rings. The second-order valence-corrected chi connectivity index (χ2v) is 7.91. The van der Waals surface area contributed by atoms with Gasteiger partial charge < -0.3 is 19.7 Å². The summed E-state index contributed by atoms with van der Waals surface area (Å²) in [6.45, 7) is 1.57. The number of halogens is 1. The number of nitrogens with zero attached hydrogens (tertiary/aromatic N) is 2. The monoisotopic (exact) mass is 440 g/mol. The van der Waals surface area contributed by atoms with Gasteiger partial charge in [-0.2, -0.15) is 5.10 Å². The molecule has 0 bridgehead atoms. The lowest BCUT2D eigenvalue weighted by atomic mass is 10.0. The lowest BCUT2D eigenvalue weighted by Gasteiger charge is -2.33. The molecule has 0 unspecified atom stereocenters. The summed E-state index contributed by atoms with van der Waals surface area (Å²) in [7, 11) is 3.19. The Balaban J connectivity index is 1.44. The molecule has 2 N–H and O–H groups in total. The summed E-state index contributed by atoms with van der Waals surface area (Å²) in [5.41, 5.74) is 2.41. The number of nitrogens with one attached hydrogen (secondary N) is 2. The molecule has 1 aromatic heterocycles. The SMILES string of the molecule is COc1ccc(-c2cc(N3CCC[C@H](NC(=O)c4cc(Cl)ccc4OC)C3)n[nH]2)cc1. The molecule has 1 aliphatic rings. The number of amides is 1. The van der Waals surface area contributed by atoms with Crippen molar-refractivity contribution < 1.29 is 14.3 Å². The molecular weight excluding hydrogens is 416 g/mol. The van der Waals surface area contributed by atoms with E-state index in [1.807, 2.05) is 30.3 Å². The second kappa shape index (κ2) is 9.31. The maximum atomic E-state index is 12.8. The number of anilines is 1. The molecule has 1 amide bonds. The highest BCUT2D eigenvalue weighted by Gasteiger charge is 2.25. The Morgan fingerprint density at radius 3 is 2.71 bits per heavy atom. The summed E-state index contributed by atoms with van der Waals surface area (Å²) in [4.78, 5) is 15.0. The lowest BCUT2D eigenvalue weighted by Crippen LogP contribution is -2.48. The average molecular weight is 441 g/mol. The van der Waals surface area contributed by atoms with Crippen molar-refractivity contribution in [2.75, 3.05) is 32.2 Å². The van der Waals surface area contributed by atoms with Gasteiger partial charge >= 0.3 is 0 Å². The highest BCUT2D eigenvalue weighted by molar-refractivity contribution is 6.31. The van der Waals surface area contributed by atoms with Crippen LogP contribution in [0, 0.1) is 0 Å². The minimum Gasteiger partial charge on any atom is -0.497 e. The van der Waals surface area contributed by atoms with E-state index in [2.05, 4.69) is 20.4 Å². The molecule has 2 heterocycles. The molecule has 2 aromatic carbocycles. The predicted molar refractivity (Wildman–Crippen MR) is 121 cm³/mol. The Kier molecular flexibility index (Phi) is 6.32. The van der Waals surface area contributed by atoms with Crippen LogP contribution in [0.2, 0.25) is 5.02 Å². The molecular formula is C23H25ClN4O3. The molecule has 7 nitrogen and oxygen atoms in total. The lowest BCUT2D eigenvalue weighted by molar-refractivity contribution is 0.0930. The van der Waals surface area contributed by atoms with E-state index in [9.17, 15) is 4.79 Å². The van der Waals surface area contributed by atoms with Crippen LogP contribution in [0.25, 0.3) is 11.3 Å². The third-order valence-electron chi connectivity index (χ3n) is 5.45. The number of piperidine rings is 1. The molecule has 0 aliphatic carbocycles. The van der Waals surface area contributed by atoms with Gasteiger partial charge in [0.25, 0.3) is 5.91 Å². The molecule has 162 valence electrons. The van der Waals surface area contributed by atoms with Gasteiger partial charge in [0, 0.05) is 30.2 Å². The van der Waals surface area contributed by atoms with E-state index in [0.29, 0.717) is 22.9 Å². The largest absolute Gasteiger partial charge is 0.497 e. The van der Waals surface area contributed by atoms with Gasteiger partial charge in [-0.25, -0.2) is 0 Å². The van der Waals surface area contributed by atoms with Crippen LogP contribution in [0.1, 0.15) is 23.2 Å². The number of aromatic amines is 1. The number of ether oxygens (including phenoxy) is 2. The predicted octanol–water partition coefficient (Wildman–Crippen LogP) is 4.15. The van der Waals surface area contributed by atoms with Crippen molar-refractivity contribution in [1.29, 1.82) is 0 Å². The Bertz CT molecular complexity index is 1050. The van der Waals surface area contributed by atoms with Crippen LogP contribution in [-0.4, -0.2) is 49.5 Å². The molecule has 0 radical (unpaired) electrons. The standard InChI is InChI=1S/C23H25ClN4O3/c1-30-18-8-5-15(6-9-18)20-13-22(27-26-20)28-11-3-4-17(14-28)25-23(29)19-12-16(24)7-10-21(19)31-2/h5-10,12-13,17H,3-4,11,14H2,1-2H3,(H,25,29)(H,26,27)/t17-/m0/s1. The third-order valence-corrected chi connectivity index (χ3v) is 5.69. The molecule has 1 fully saturated rings. The first-order valence-corrected chi connectivity index (χ1v) is 10.5. The number of carbonyl (C=O) groups is 1. The van der Waals surface area contributed by atoms with E-state index in [-0.39, 0.29) is 11.9 Å². The maximum absolute atomic E-state index is 12.8. The Morgan fingerprint density at radius 1 is 1.16 bits per heavy atom. The van der Waals surface area contributed by atoms with Crippen LogP contribution in [0.15, 0.2) is 48.5 Å². The van der Waals surface area contributed by atoms with E-state index in [0.717, 1.165) is 42.2 Å². The third kappa shape index (κ3) is 4.77.